The number of H-pyrrole nitrogens is 1. The van der Waals surface area contributed by atoms with Gasteiger partial charge in [0.25, 0.3) is 5.91 Å². The standard InChI is InChI=1S/C23H18F3N3O3S/c1-33(31,32)29-17-9-10-20-15(12-17)13-21(28-20)22(30)27-16-6-4-5-14(11-16)18-7-2-3-8-19(18)23(24,25)26/h2-13,28-29H,1H3,(H,27,30). The molecule has 1 heterocycles. The second kappa shape index (κ2) is 8.28. The highest BCUT2D eigenvalue weighted by Crippen LogP contribution is 2.37. The summed E-state index contributed by atoms with van der Waals surface area (Å²) in [6.45, 7) is 0. The molecule has 6 nitrogen and oxygen atoms in total. The number of sulfonamides is 1. The molecule has 10 heteroatoms. The molecular formula is C23H18F3N3O3S. The topological polar surface area (TPSA) is 91.1 Å². The third kappa shape index (κ3) is 5.17. The molecule has 0 aliphatic rings. The maximum Gasteiger partial charge on any atom is 0.417 e. The Hall–Kier alpha value is -3.79. The van der Waals surface area contributed by atoms with Gasteiger partial charge in [-0.3, -0.25) is 9.52 Å². The van der Waals surface area contributed by atoms with Crippen LogP contribution < -0.4 is 10.0 Å². The van der Waals surface area contributed by atoms with Crippen molar-refractivity contribution in [3.8, 4) is 11.1 Å². The minimum atomic E-state index is -4.51. The Kier molecular flexibility index (Phi) is 5.62. The van der Waals surface area contributed by atoms with E-state index in [9.17, 15) is 26.4 Å². The molecule has 1 aromatic heterocycles. The number of benzene rings is 3. The second-order valence-corrected chi connectivity index (χ2v) is 9.19. The minimum absolute atomic E-state index is 0.0117. The molecule has 0 atom stereocenters. The molecule has 1 amide bonds. The fourth-order valence-electron chi connectivity index (χ4n) is 3.48. The molecule has 0 bridgehead atoms. The Morgan fingerprint density at radius 3 is 2.39 bits per heavy atom. The van der Waals surface area contributed by atoms with E-state index in [1.165, 1.54) is 24.3 Å². The number of hydrogen-bond donors (Lipinski definition) is 3. The number of alkyl halides is 3. The Balaban J connectivity index is 1.59. The van der Waals surface area contributed by atoms with Crippen molar-refractivity contribution in [2.75, 3.05) is 16.3 Å². The van der Waals surface area contributed by atoms with Crippen molar-refractivity contribution in [2.45, 2.75) is 6.18 Å². The highest BCUT2D eigenvalue weighted by atomic mass is 32.2. The Labute approximate surface area is 187 Å². The van der Waals surface area contributed by atoms with Gasteiger partial charge in [-0.05, 0) is 53.6 Å². The van der Waals surface area contributed by atoms with E-state index >= 15 is 0 Å². The predicted molar refractivity (Wildman–Crippen MR) is 122 cm³/mol. The number of amides is 1. The number of hydrogen-bond acceptors (Lipinski definition) is 3. The molecule has 0 fully saturated rings. The Bertz CT molecular complexity index is 1460. The lowest BCUT2D eigenvalue weighted by molar-refractivity contribution is -0.137. The van der Waals surface area contributed by atoms with Crippen LogP contribution >= 0.6 is 0 Å². The number of carbonyl (C=O) groups is 1. The lowest BCUT2D eigenvalue weighted by atomic mass is 9.99. The van der Waals surface area contributed by atoms with Crippen LogP contribution in [0.2, 0.25) is 0 Å². The lowest BCUT2D eigenvalue weighted by Crippen LogP contribution is -2.12. The SMILES string of the molecule is CS(=O)(=O)Nc1ccc2[nH]c(C(=O)Nc3cccc(-c4ccccc4C(F)(F)F)c3)cc2c1. The van der Waals surface area contributed by atoms with Crippen molar-refractivity contribution in [3.05, 3.63) is 84.1 Å². The smallest absolute Gasteiger partial charge is 0.351 e. The Morgan fingerprint density at radius 2 is 1.67 bits per heavy atom. The van der Waals surface area contributed by atoms with Crippen molar-refractivity contribution in [3.63, 3.8) is 0 Å². The first kappa shape index (κ1) is 22.4. The van der Waals surface area contributed by atoms with Crippen molar-refractivity contribution in [2.24, 2.45) is 0 Å². The molecule has 0 aliphatic heterocycles. The van der Waals surface area contributed by atoms with Crippen LogP contribution in [0.4, 0.5) is 24.5 Å². The maximum atomic E-state index is 13.4. The van der Waals surface area contributed by atoms with E-state index in [1.54, 1.807) is 42.5 Å². The molecule has 3 N–H and O–H groups in total. The van der Waals surface area contributed by atoms with Gasteiger partial charge in [-0.15, -0.1) is 0 Å². The maximum absolute atomic E-state index is 13.4. The first-order valence-electron chi connectivity index (χ1n) is 9.68. The summed E-state index contributed by atoms with van der Waals surface area (Å²) >= 11 is 0. The molecule has 0 saturated carbocycles. The van der Waals surface area contributed by atoms with Gasteiger partial charge in [-0.2, -0.15) is 13.2 Å². The van der Waals surface area contributed by atoms with Crippen LogP contribution in [-0.4, -0.2) is 25.6 Å². The van der Waals surface area contributed by atoms with Gasteiger partial charge in [0.05, 0.1) is 11.8 Å². The van der Waals surface area contributed by atoms with E-state index in [1.807, 2.05) is 0 Å². The van der Waals surface area contributed by atoms with Crippen LogP contribution in [0.1, 0.15) is 16.1 Å². The lowest BCUT2D eigenvalue weighted by Gasteiger charge is -2.13. The quantitative estimate of drug-likeness (QED) is 0.359. The van der Waals surface area contributed by atoms with Gasteiger partial charge in [0, 0.05) is 22.3 Å². The fourth-order valence-corrected chi connectivity index (χ4v) is 4.03. The summed E-state index contributed by atoms with van der Waals surface area (Å²) in [6.07, 6.45) is -3.47. The van der Waals surface area contributed by atoms with Gasteiger partial charge in [-0.1, -0.05) is 30.3 Å². The molecular weight excluding hydrogens is 455 g/mol. The van der Waals surface area contributed by atoms with Gasteiger partial charge in [0.2, 0.25) is 10.0 Å². The summed E-state index contributed by atoms with van der Waals surface area (Å²) in [5, 5.41) is 3.29. The summed E-state index contributed by atoms with van der Waals surface area (Å²) in [6, 6.07) is 17.7. The molecule has 4 rings (SSSR count). The van der Waals surface area contributed by atoms with E-state index in [-0.39, 0.29) is 11.3 Å². The van der Waals surface area contributed by atoms with Gasteiger partial charge >= 0.3 is 6.18 Å². The summed E-state index contributed by atoms with van der Waals surface area (Å²) in [5.74, 6) is -0.495. The molecule has 0 aliphatic carbocycles. The number of halogens is 3. The molecule has 33 heavy (non-hydrogen) atoms. The number of rotatable bonds is 5. The molecule has 3 aromatic carbocycles. The molecule has 0 spiro atoms. The van der Waals surface area contributed by atoms with Crippen LogP contribution in [0.15, 0.2) is 72.8 Å². The predicted octanol–water partition coefficient (Wildman–Crippen LogP) is 5.48. The average Bonchev–Trinajstić information content (AvgIpc) is 3.16. The second-order valence-electron chi connectivity index (χ2n) is 7.44. The van der Waals surface area contributed by atoms with Crippen LogP contribution in [0.25, 0.3) is 22.0 Å². The first-order valence-corrected chi connectivity index (χ1v) is 11.6. The molecule has 0 radical (unpaired) electrons. The normalized spacial score (nSPS) is 12.0. The summed E-state index contributed by atoms with van der Waals surface area (Å²) in [5.41, 5.74) is 1.07. The van der Waals surface area contributed by atoms with Gasteiger partial charge in [-0.25, -0.2) is 8.42 Å². The monoisotopic (exact) mass is 473 g/mol. The van der Waals surface area contributed by atoms with E-state index in [0.29, 0.717) is 27.8 Å². The van der Waals surface area contributed by atoms with E-state index in [0.717, 1.165) is 12.3 Å². The van der Waals surface area contributed by atoms with Crippen molar-refractivity contribution in [1.82, 2.24) is 4.98 Å². The first-order chi connectivity index (χ1) is 15.5. The minimum Gasteiger partial charge on any atom is -0.351 e. The fraction of sp³-hybridized carbons (Fsp3) is 0.0870. The Morgan fingerprint density at radius 1 is 0.909 bits per heavy atom. The zero-order valence-electron chi connectivity index (χ0n) is 17.2. The van der Waals surface area contributed by atoms with Crippen LogP contribution in [-0.2, 0) is 16.2 Å². The molecule has 0 unspecified atom stereocenters. The number of aromatic amines is 1. The van der Waals surface area contributed by atoms with E-state index in [4.69, 9.17) is 0 Å². The summed E-state index contributed by atoms with van der Waals surface area (Å²) in [7, 11) is -3.45. The molecule has 4 aromatic rings. The number of fused-ring (bicyclic) bond motifs is 1. The van der Waals surface area contributed by atoms with Crippen LogP contribution in [0.5, 0.6) is 0 Å². The van der Waals surface area contributed by atoms with Crippen molar-refractivity contribution < 1.29 is 26.4 Å². The zero-order valence-corrected chi connectivity index (χ0v) is 18.0. The van der Waals surface area contributed by atoms with Crippen molar-refractivity contribution in [1.29, 1.82) is 0 Å². The highest BCUT2D eigenvalue weighted by molar-refractivity contribution is 7.92. The van der Waals surface area contributed by atoms with Crippen LogP contribution in [0.3, 0.4) is 0 Å². The zero-order chi connectivity index (χ0) is 23.8. The van der Waals surface area contributed by atoms with E-state index in [2.05, 4.69) is 15.0 Å². The largest absolute Gasteiger partial charge is 0.417 e. The van der Waals surface area contributed by atoms with Crippen LogP contribution in [0, 0.1) is 0 Å². The average molecular weight is 473 g/mol. The van der Waals surface area contributed by atoms with Gasteiger partial charge in [0.1, 0.15) is 5.69 Å². The van der Waals surface area contributed by atoms with E-state index < -0.39 is 27.7 Å². The third-order valence-corrected chi connectivity index (χ3v) is 5.44. The summed E-state index contributed by atoms with van der Waals surface area (Å²) in [4.78, 5) is 15.7. The number of nitrogens with one attached hydrogen (secondary N) is 3. The van der Waals surface area contributed by atoms with Gasteiger partial charge in [0.15, 0.2) is 0 Å². The third-order valence-electron chi connectivity index (χ3n) is 4.83. The number of anilines is 2. The summed E-state index contributed by atoms with van der Waals surface area (Å²) < 4.78 is 65.3. The molecule has 0 saturated heterocycles. The molecule has 170 valence electrons. The number of carbonyl (C=O) groups excluding carboxylic acids is 1. The number of aromatic nitrogens is 1. The van der Waals surface area contributed by atoms with Gasteiger partial charge < -0.3 is 10.3 Å². The van der Waals surface area contributed by atoms with Crippen molar-refractivity contribution >= 4 is 38.2 Å². The highest BCUT2D eigenvalue weighted by Gasteiger charge is 2.33.